The van der Waals surface area contributed by atoms with Crippen molar-refractivity contribution in [2.75, 3.05) is 25.9 Å². The Bertz CT molecular complexity index is 730. The van der Waals surface area contributed by atoms with Gasteiger partial charge in [-0.1, -0.05) is 30.3 Å². The first-order chi connectivity index (χ1) is 11.6. The van der Waals surface area contributed by atoms with Crippen molar-refractivity contribution in [3.05, 3.63) is 57.8 Å². The third-order valence-electron chi connectivity index (χ3n) is 4.18. The van der Waals surface area contributed by atoms with E-state index in [1.807, 2.05) is 34.5 Å². The van der Waals surface area contributed by atoms with Gasteiger partial charge in [0.05, 0.1) is 10.6 Å². The number of thioether (sulfide) groups is 1. The van der Waals surface area contributed by atoms with Crippen LogP contribution in [0.25, 0.3) is 0 Å². The highest BCUT2D eigenvalue weighted by Gasteiger charge is 2.33. The molecule has 1 aromatic carbocycles. The van der Waals surface area contributed by atoms with Crippen molar-refractivity contribution in [2.45, 2.75) is 12.3 Å². The number of rotatable bonds is 5. The molecule has 1 saturated heterocycles. The molecule has 126 valence electrons. The number of nitrogens with zero attached hydrogens (tertiary/aromatic N) is 2. The molecule has 0 bridgehead atoms. The van der Waals surface area contributed by atoms with Gasteiger partial charge in [-0.3, -0.25) is 9.59 Å². The molecule has 0 N–H and O–H groups in total. The molecule has 6 heteroatoms. The van der Waals surface area contributed by atoms with Crippen LogP contribution in [-0.2, 0) is 4.79 Å². The minimum absolute atomic E-state index is 0.0109. The molecule has 0 unspecified atom stereocenters. The van der Waals surface area contributed by atoms with Crippen LogP contribution in [0.5, 0.6) is 0 Å². The molecule has 2 heterocycles. The van der Waals surface area contributed by atoms with Gasteiger partial charge >= 0.3 is 0 Å². The molecule has 24 heavy (non-hydrogen) atoms. The zero-order valence-corrected chi connectivity index (χ0v) is 15.4. The molecular weight excluding hydrogens is 340 g/mol. The highest BCUT2D eigenvalue weighted by Crippen LogP contribution is 2.39. The summed E-state index contributed by atoms with van der Waals surface area (Å²) >= 11 is 3.10. The van der Waals surface area contributed by atoms with Crippen molar-refractivity contribution in [3.63, 3.8) is 0 Å². The largest absolute Gasteiger partial charge is 0.339 e. The van der Waals surface area contributed by atoms with E-state index in [1.165, 1.54) is 22.5 Å². The summed E-state index contributed by atoms with van der Waals surface area (Å²) in [6, 6.07) is 11.9. The zero-order chi connectivity index (χ0) is 17.1. The van der Waals surface area contributed by atoms with E-state index in [2.05, 4.69) is 19.1 Å². The van der Waals surface area contributed by atoms with Crippen molar-refractivity contribution in [1.82, 2.24) is 9.80 Å². The van der Waals surface area contributed by atoms with E-state index in [-0.39, 0.29) is 17.2 Å². The van der Waals surface area contributed by atoms with Gasteiger partial charge in [-0.25, -0.2) is 0 Å². The fourth-order valence-corrected chi connectivity index (χ4v) is 4.80. The van der Waals surface area contributed by atoms with E-state index in [0.717, 1.165) is 4.88 Å². The maximum absolute atomic E-state index is 12.3. The summed E-state index contributed by atoms with van der Waals surface area (Å²) in [7, 11) is 1.79. The fourth-order valence-electron chi connectivity index (χ4n) is 2.77. The summed E-state index contributed by atoms with van der Waals surface area (Å²) in [5.41, 5.74) is 2.37. The highest BCUT2D eigenvalue weighted by atomic mass is 32.2. The Balaban J connectivity index is 1.67. The lowest BCUT2D eigenvalue weighted by Gasteiger charge is -2.27. The normalized spacial score (nSPS) is 17.3. The Morgan fingerprint density at radius 2 is 2.08 bits per heavy atom. The first-order valence-corrected chi connectivity index (χ1v) is 9.76. The molecule has 2 amide bonds. The number of aryl methyl sites for hydroxylation is 1. The van der Waals surface area contributed by atoms with Crippen molar-refractivity contribution >= 4 is 34.9 Å². The molecule has 1 aliphatic heterocycles. The highest BCUT2D eigenvalue weighted by molar-refractivity contribution is 8.00. The Labute approximate surface area is 150 Å². The molecule has 4 nitrogen and oxygen atoms in total. The second-order valence-corrected chi connectivity index (χ2v) is 7.83. The second-order valence-electron chi connectivity index (χ2n) is 5.81. The van der Waals surface area contributed by atoms with E-state index in [0.29, 0.717) is 18.8 Å². The van der Waals surface area contributed by atoms with E-state index in [4.69, 9.17) is 0 Å². The molecular formula is C18H20N2O2S2. The van der Waals surface area contributed by atoms with Crippen LogP contribution in [0.2, 0.25) is 0 Å². The summed E-state index contributed by atoms with van der Waals surface area (Å²) in [4.78, 5) is 28.9. The molecule has 1 atom stereocenters. The molecule has 1 fully saturated rings. The van der Waals surface area contributed by atoms with Gasteiger partial charge in [0.25, 0.3) is 5.91 Å². The number of hydrogen-bond acceptors (Lipinski definition) is 4. The molecule has 0 saturated carbocycles. The molecule has 0 aliphatic carbocycles. The molecule has 1 aliphatic rings. The first-order valence-electron chi connectivity index (χ1n) is 7.83. The minimum atomic E-state index is 0.0109. The smallest absolute Gasteiger partial charge is 0.263 e. The van der Waals surface area contributed by atoms with Crippen molar-refractivity contribution in [1.29, 1.82) is 0 Å². The van der Waals surface area contributed by atoms with Gasteiger partial charge in [-0.2, -0.15) is 0 Å². The number of carbonyl (C=O) groups excluding carboxylic acids is 2. The van der Waals surface area contributed by atoms with Crippen LogP contribution in [0, 0.1) is 6.92 Å². The Kier molecular flexibility index (Phi) is 5.26. The average Bonchev–Trinajstić information content (AvgIpc) is 3.23. The number of hydrogen-bond donors (Lipinski definition) is 0. The van der Waals surface area contributed by atoms with Crippen LogP contribution in [0.15, 0.2) is 41.8 Å². The summed E-state index contributed by atoms with van der Waals surface area (Å²) < 4.78 is 0. The summed E-state index contributed by atoms with van der Waals surface area (Å²) in [6.45, 7) is 3.16. The number of likely N-dealkylation sites (N-methyl/N-ethyl adjacent to an activating group) is 1. The zero-order valence-electron chi connectivity index (χ0n) is 13.8. The van der Waals surface area contributed by atoms with Crippen molar-refractivity contribution < 1.29 is 9.59 Å². The van der Waals surface area contributed by atoms with Gasteiger partial charge < -0.3 is 9.80 Å². The average molecular weight is 361 g/mol. The van der Waals surface area contributed by atoms with E-state index in [9.17, 15) is 9.59 Å². The van der Waals surface area contributed by atoms with Crippen LogP contribution in [0.3, 0.4) is 0 Å². The SMILES string of the molecule is Cc1ccccc1[C@@H]1SCC(=O)N1CCN(C)C(=O)c1cccs1. The minimum Gasteiger partial charge on any atom is -0.339 e. The third kappa shape index (κ3) is 3.49. The fraction of sp³-hybridized carbons (Fsp3) is 0.333. The standard InChI is InChI=1S/C18H20N2O2S2/c1-13-6-3-4-7-14(13)18-20(16(21)12-24-18)10-9-19(2)17(22)15-8-5-11-23-15/h3-8,11,18H,9-10,12H2,1-2H3/t18-/m0/s1. The predicted molar refractivity (Wildman–Crippen MR) is 99.4 cm³/mol. The Hall–Kier alpha value is -1.79. The van der Waals surface area contributed by atoms with Crippen LogP contribution in [-0.4, -0.2) is 47.5 Å². The summed E-state index contributed by atoms with van der Waals surface area (Å²) in [5.74, 6) is 0.656. The van der Waals surface area contributed by atoms with Crippen molar-refractivity contribution in [2.24, 2.45) is 0 Å². The second kappa shape index (κ2) is 7.40. The molecule has 1 aromatic heterocycles. The van der Waals surface area contributed by atoms with E-state index in [1.54, 1.807) is 23.7 Å². The van der Waals surface area contributed by atoms with Crippen LogP contribution >= 0.6 is 23.1 Å². The monoisotopic (exact) mass is 360 g/mol. The molecule has 0 spiro atoms. The lowest BCUT2D eigenvalue weighted by atomic mass is 10.1. The lowest BCUT2D eigenvalue weighted by molar-refractivity contribution is -0.128. The molecule has 3 rings (SSSR count). The maximum Gasteiger partial charge on any atom is 0.263 e. The topological polar surface area (TPSA) is 40.6 Å². The van der Waals surface area contributed by atoms with Gasteiger partial charge in [0.2, 0.25) is 5.91 Å². The molecule has 2 aromatic rings. The van der Waals surface area contributed by atoms with Gasteiger partial charge in [0.1, 0.15) is 5.37 Å². The molecule has 0 radical (unpaired) electrons. The summed E-state index contributed by atoms with van der Waals surface area (Å²) in [5, 5.41) is 1.94. The Morgan fingerprint density at radius 1 is 1.29 bits per heavy atom. The van der Waals surface area contributed by atoms with E-state index >= 15 is 0 Å². The van der Waals surface area contributed by atoms with Crippen LogP contribution in [0.4, 0.5) is 0 Å². The quantitative estimate of drug-likeness (QED) is 0.820. The predicted octanol–water partition coefficient (Wildman–Crippen LogP) is 3.40. The number of benzene rings is 1. The van der Waals surface area contributed by atoms with Crippen LogP contribution < -0.4 is 0 Å². The number of thiophene rings is 1. The first kappa shape index (κ1) is 17.0. The van der Waals surface area contributed by atoms with Gasteiger partial charge in [-0.05, 0) is 29.5 Å². The van der Waals surface area contributed by atoms with Gasteiger partial charge in [-0.15, -0.1) is 23.1 Å². The lowest BCUT2D eigenvalue weighted by Crippen LogP contribution is -2.38. The van der Waals surface area contributed by atoms with Gasteiger partial charge in [0, 0.05) is 20.1 Å². The van der Waals surface area contributed by atoms with E-state index < -0.39 is 0 Å². The third-order valence-corrected chi connectivity index (χ3v) is 6.27. The number of amides is 2. The van der Waals surface area contributed by atoms with Crippen molar-refractivity contribution in [3.8, 4) is 0 Å². The van der Waals surface area contributed by atoms with Gasteiger partial charge in [0.15, 0.2) is 0 Å². The number of carbonyl (C=O) groups is 2. The summed E-state index contributed by atoms with van der Waals surface area (Å²) in [6.07, 6.45) is 0. The van der Waals surface area contributed by atoms with Crippen LogP contribution in [0.1, 0.15) is 26.2 Å². The maximum atomic E-state index is 12.3. The Morgan fingerprint density at radius 3 is 2.79 bits per heavy atom.